The minimum absolute atomic E-state index is 0.0767. The second-order valence-electron chi connectivity index (χ2n) is 5.74. The summed E-state index contributed by atoms with van der Waals surface area (Å²) in [5, 5.41) is 4.62. The predicted molar refractivity (Wildman–Crippen MR) is 102 cm³/mol. The maximum atomic E-state index is 13.0. The van der Waals surface area contributed by atoms with Gasteiger partial charge in [0.1, 0.15) is 30.5 Å². The minimum Gasteiger partial charge on any atom is -0.494 e. The minimum atomic E-state index is -0.137. The van der Waals surface area contributed by atoms with Gasteiger partial charge in [-0.3, -0.25) is 14.7 Å². The Morgan fingerprint density at radius 3 is 2.93 bits per heavy atom. The third kappa shape index (κ3) is 3.63. The van der Waals surface area contributed by atoms with Gasteiger partial charge in [-0.15, -0.1) is 0 Å². The summed E-state index contributed by atoms with van der Waals surface area (Å²) in [7, 11) is 1.61. The molecule has 0 radical (unpaired) electrons. The molecule has 0 aliphatic heterocycles. The fraction of sp³-hybridized carbons (Fsp3) is 0.167. The molecule has 0 atom stereocenters. The number of carbonyl (C=O) groups excluding carboxylic acids is 1. The molecule has 8 nitrogen and oxygen atoms in total. The summed E-state index contributed by atoms with van der Waals surface area (Å²) in [6.45, 7) is 0.441. The van der Waals surface area contributed by atoms with Gasteiger partial charge in [0.05, 0.1) is 18.4 Å². The zero-order chi connectivity index (χ0) is 18.6. The summed E-state index contributed by atoms with van der Waals surface area (Å²) in [5.74, 6) is 0.544. The van der Waals surface area contributed by atoms with E-state index in [1.807, 2.05) is 30.3 Å². The van der Waals surface area contributed by atoms with Crippen LogP contribution in [0.4, 0.5) is 5.13 Å². The first-order valence-corrected chi connectivity index (χ1v) is 9.01. The molecule has 27 heavy (non-hydrogen) atoms. The fourth-order valence-electron chi connectivity index (χ4n) is 2.67. The Labute approximate surface area is 159 Å². The molecule has 0 bridgehead atoms. The molecule has 0 N–H and O–H groups in total. The van der Waals surface area contributed by atoms with Gasteiger partial charge < -0.3 is 4.74 Å². The number of hydrogen-bond donors (Lipinski definition) is 0. The van der Waals surface area contributed by atoms with E-state index in [4.69, 9.17) is 4.74 Å². The first-order valence-electron chi connectivity index (χ1n) is 8.20. The van der Waals surface area contributed by atoms with Gasteiger partial charge >= 0.3 is 0 Å². The lowest BCUT2D eigenvalue weighted by atomic mass is 10.2. The monoisotopic (exact) mass is 380 g/mol. The largest absolute Gasteiger partial charge is 0.494 e. The van der Waals surface area contributed by atoms with E-state index in [1.165, 1.54) is 28.7 Å². The van der Waals surface area contributed by atoms with Crippen molar-refractivity contribution < 1.29 is 9.53 Å². The summed E-state index contributed by atoms with van der Waals surface area (Å²) in [6, 6.07) is 9.50. The van der Waals surface area contributed by atoms with Gasteiger partial charge in [0.2, 0.25) is 0 Å². The SMILES string of the molecule is COc1cccc2sc(N(Cc3cccnc3)C(=O)Cn3cncn3)nc12. The molecular formula is C18H16N6O2S. The van der Waals surface area contributed by atoms with Crippen molar-refractivity contribution >= 4 is 32.6 Å². The second kappa shape index (κ2) is 7.50. The molecule has 9 heteroatoms. The first-order chi connectivity index (χ1) is 13.2. The number of carbonyl (C=O) groups is 1. The van der Waals surface area contributed by atoms with Crippen LogP contribution in [0.15, 0.2) is 55.4 Å². The molecule has 0 aliphatic carbocycles. The Balaban J connectivity index is 1.71. The van der Waals surface area contributed by atoms with E-state index in [-0.39, 0.29) is 12.5 Å². The molecule has 1 aromatic carbocycles. The van der Waals surface area contributed by atoms with Crippen LogP contribution in [0.3, 0.4) is 0 Å². The van der Waals surface area contributed by atoms with Crippen molar-refractivity contribution in [3.05, 3.63) is 60.9 Å². The zero-order valence-electron chi connectivity index (χ0n) is 14.5. The predicted octanol–water partition coefficient (Wildman–Crippen LogP) is 2.52. The number of nitrogens with zero attached hydrogens (tertiary/aromatic N) is 6. The number of ether oxygens (including phenoxy) is 1. The molecule has 0 unspecified atom stereocenters. The Morgan fingerprint density at radius 2 is 2.19 bits per heavy atom. The van der Waals surface area contributed by atoms with Gasteiger partial charge in [-0.25, -0.2) is 14.6 Å². The number of methoxy groups -OCH3 is 1. The fourth-order valence-corrected chi connectivity index (χ4v) is 3.67. The van der Waals surface area contributed by atoms with Crippen LogP contribution < -0.4 is 9.64 Å². The standard InChI is InChI=1S/C18H16N6O2S/c1-26-14-5-2-6-15-17(14)22-18(27-15)24(9-13-4-3-7-19-8-13)16(25)10-23-12-20-11-21-23/h2-8,11-12H,9-10H2,1H3. The van der Waals surface area contributed by atoms with Crippen molar-refractivity contribution in [2.24, 2.45) is 0 Å². The topological polar surface area (TPSA) is 86.0 Å². The highest BCUT2D eigenvalue weighted by Gasteiger charge is 2.22. The zero-order valence-corrected chi connectivity index (χ0v) is 15.3. The third-order valence-corrected chi connectivity index (χ3v) is 4.99. The van der Waals surface area contributed by atoms with Crippen LogP contribution in [0.2, 0.25) is 0 Å². The van der Waals surface area contributed by atoms with Crippen molar-refractivity contribution in [3.63, 3.8) is 0 Å². The number of para-hydroxylation sites is 1. The summed E-state index contributed by atoms with van der Waals surface area (Å²) in [5.41, 5.74) is 1.65. The maximum absolute atomic E-state index is 13.0. The van der Waals surface area contributed by atoms with Crippen molar-refractivity contribution in [1.82, 2.24) is 24.7 Å². The summed E-state index contributed by atoms with van der Waals surface area (Å²) in [4.78, 5) is 27.3. The number of fused-ring (bicyclic) bond motifs is 1. The molecule has 0 saturated heterocycles. The van der Waals surface area contributed by atoms with Crippen LogP contribution in [-0.2, 0) is 17.9 Å². The average Bonchev–Trinajstić information content (AvgIpc) is 3.36. The number of anilines is 1. The number of aromatic nitrogens is 5. The molecule has 3 aromatic heterocycles. The molecule has 1 amide bonds. The van der Waals surface area contributed by atoms with Crippen LogP contribution >= 0.6 is 11.3 Å². The van der Waals surface area contributed by atoms with E-state index in [1.54, 1.807) is 24.4 Å². The Kier molecular flexibility index (Phi) is 4.75. The number of hydrogen-bond acceptors (Lipinski definition) is 7. The third-order valence-electron chi connectivity index (χ3n) is 3.95. The van der Waals surface area contributed by atoms with E-state index >= 15 is 0 Å². The summed E-state index contributed by atoms with van der Waals surface area (Å²) < 4.78 is 7.84. The normalized spacial score (nSPS) is 10.9. The number of pyridine rings is 1. The van der Waals surface area contributed by atoms with E-state index in [9.17, 15) is 4.79 Å². The highest BCUT2D eigenvalue weighted by atomic mass is 32.1. The number of benzene rings is 1. The van der Waals surface area contributed by atoms with E-state index in [0.717, 1.165) is 15.8 Å². The van der Waals surface area contributed by atoms with Gasteiger partial charge in [0.25, 0.3) is 5.91 Å². The summed E-state index contributed by atoms with van der Waals surface area (Å²) >= 11 is 1.44. The lowest BCUT2D eigenvalue weighted by Crippen LogP contribution is -2.33. The lowest BCUT2D eigenvalue weighted by molar-refractivity contribution is -0.119. The van der Waals surface area contributed by atoms with Gasteiger partial charge in [0, 0.05) is 12.4 Å². The van der Waals surface area contributed by atoms with E-state index in [0.29, 0.717) is 17.4 Å². The molecular weight excluding hydrogens is 364 g/mol. The molecule has 4 rings (SSSR count). The van der Waals surface area contributed by atoms with Crippen LogP contribution in [0.5, 0.6) is 5.75 Å². The summed E-state index contributed by atoms with van der Waals surface area (Å²) in [6.07, 6.45) is 6.36. The van der Waals surface area contributed by atoms with Crippen LogP contribution in [0.1, 0.15) is 5.56 Å². The molecule has 0 saturated carbocycles. The van der Waals surface area contributed by atoms with Crippen molar-refractivity contribution in [2.75, 3.05) is 12.0 Å². The molecule has 0 spiro atoms. The number of rotatable bonds is 6. The van der Waals surface area contributed by atoms with Crippen molar-refractivity contribution in [1.29, 1.82) is 0 Å². The highest BCUT2D eigenvalue weighted by Crippen LogP contribution is 2.34. The van der Waals surface area contributed by atoms with E-state index in [2.05, 4.69) is 20.1 Å². The first kappa shape index (κ1) is 17.1. The number of thiazole rings is 1. The number of amides is 1. The molecule has 3 heterocycles. The smallest absolute Gasteiger partial charge is 0.250 e. The van der Waals surface area contributed by atoms with Crippen LogP contribution in [-0.4, -0.2) is 37.7 Å². The van der Waals surface area contributed by atoms with Gasteiger partial charge in [-0.2, -0.15) is 5.10 Å². The van der Waals surface area contributed by atoms with Crippen LogP contribution in [0, 0.1) is 0 Å². The van der Waals surface area contributed by atoms with E-state index < -0.39 is 0 Å². The lowest BCUT2D eigenvalue weighted by Gasteiger charge is -2.19. The Hall–Kier alpha value is -3.33. The quantitative estimate of drug-likeness (QED) is 0.511. The van der Waals surface area contributed by atoms with Crippen molar-refractivity contribution in [3.8, 4) is 5.75 Å². The van der Waals surface area contributed by atoms with Gasteiger partial charge in [0.15, 0.2) is 5.13 Å². The average molecular weight is 380 g/mol. The Bertz CT molecular complexity index is 1050. The van der Waals surface area contributed by atoms with Gasteiger partial charge in [-0.1, -0.05) is 23.5 Å². The molecule has 0 fully saturated rings. The maximum Gasteiger partial charge on any atom is 0.250 e. The van der Waals surface area contributed by atoms with Crippen LogP contribution in [0.25, 0.3) is 10.2 Å². The Morgan fingerprint density at radius 1 is 1.26 bits per heavy atom. The highest BCUT2D eigenvalue weighted by molar-refractivity contribution is 7.22. The molecule has 4 aromatic rings. The molecule has 0 aliphatic rings. The molecule has 136 valence electrons. The second-order valence-corrected chi connectivity index (χ2v) is 6.75. The van der Waals surface area contributed by atoms with Gasteiger partial charge in [-0.05, 0) is 23.8 Å². The van der Waals surface area contributed by atoms with Crippen molar-refractivity contribution in [2.45, 2.75) is 13.1 Å².